The first-order valence-corrected chi connectivity index (χ1v) is 12.1. The number of sulfonamides is 1. The van der Waals surface area contributed by atoms with Crippen molar-refractivity contribution in [3.8, 4) is 5.75 Å². The Balaban J connectivity index is 1.71. The minimum atomic E-state index is -4.12. The second-order valence-electron chi connectivity index (χ2n) is 7.03. The summed E-state index contributed by atoms with van der Waals surface area (Å²) in [4.78, 5) is 12.5. The van der Waals surface area contributed by atoms with Crippen molar-refractivity contribution in [2.24, 2.45) is 0 Å². The molecule has 0 aliphatic carbocycles. The lowest BCUT2D eigenvalue weighted by Crippen LogP contribution is -2.42. The fraction of sp³-hybridized carbons (Fsp3) is 0.174. The molecule has 0 saturated heterocycles. The number of nitrogens with one attached hydrogen (secondary N) is 1. The summed E-state index contributed by atoms with van der Waals surface area (Å²) in [5.41, 5.74) is 0.976. The maximum Gasteiger partial charge on any atom is 0.264 e. The number of amides is 1. The van der Waals surface area contributed by atoms with Gasteiger partial charge in [-0.1, -0.05) is 47.5 Å². The molecule has 0 aliphatic heterocycles. The first-order chi connectivity index (χ1) is 15.7. The van der Waals surface area contributed by atoms with Gasteiger partial charge < -0.3 is 10.1 Å². The molecule has 0 atom stereocenters. The van der Waals surface area contributed by atoms with Crippen molar-refractivity contribution >= 4 is 44.8 Å². The van der Waals surface area contributed by atoms with Crippen molar-refractivity contribution in [2.45, 2.75) is 11.8 Å². The van der Waals surface area contributed by atoms with Crippen LogP contribution < -0.4 is 14.4 Å². The van der Waals surface area contributed by atoms with Gasteiger partial charge in [0.15, 0.2) is 0 Å². The second-order valence-corrected chi connectivity index (χ2v) is 9.71. The third-order valence-electron chi connectivity index (χ3n) is 4.65. The van der Waals surface area contributed by atoms with Crippen molar-refractivity contribution in [1.29, 1.82) is 0 Å². The van der Waals surface area contributed by atoms with E-state index in [1.807, 2.05) is 13.0 Å². The standard InChI is InChI=1S/C23H21Cl2FN2O4S/c1-16-7-9-18(14-20(16)24)32-12-11-27-23(29)15-28(17-8-10-22(26)21(25)13-17)33(30,31)19-5-3-2-4-6-19/h2-10,13-14H,11-12,15H2,1H3,(H,27,29). The van der Waals surface area contributed by atoms with Crippen LogP contribution in [0.15, 0.2) is 71.6 Å². The Bertz CT molecular complexity index is 1240. The monoisotopic (exact) mass is 510 g/mol. The highest BCUT2D eigenvalue weighted by Gasteiger charge is 2.27. The number of benzene rings is 3. The molecule has 1 N–H and O–H groups in total. The zero-order valence-corrected chi connectivity index (χ0v) is 19.9. The van der Waals surface area contributed by atoms with Gasteiger partial charge in [-0.25, -0.2) is 12.8 Å². The molecule has 10 heteroatoms. The van der Waals surface area contributed by atoms with Crippen LogP contribution in [-0.4, -0.2) is 34.0 Å². The van der Waals surface area contributed by atoms with Crippen molar-refractivity contribution in [3.05, 3.63) is 88.2 Å². The van der Waals surface area contributed by atoms with Crippen LogP contribution in [0.2, 0.25) is 10.0 Å². The average molecular weight is 511 g/mol. The Hall–Kier alpha value is -2.81. The number of nitrogens with zero attached hydrogens (tertiary/aromatic N) is 1. The number of carbonyl (C=O) groups excluding carboxylic acids is 1. The van der Waals surface area contributed by atoms with Crippen LogP contribution in [0.5, 0.6) is 5.75 Å². The van der Waals surface area contributed by atoms with E-state index in [1.54, 1.807) is 30.3 Å². The van der Waals surface area contributed by atoms with Gasteiger partial charge in [0.2, 0.25) is 5.91 Å². The Morgan fingerprint density at radius 2 is 1.76 bits per heavy atom. The maximum absolute atomic E-state index is 13.6. The Morgan fingerprint density at radius 3 is 2.42 bits per heavy atom. The van der Waals surface area contributed by atoms with E-state index >= 15 is 0 Å². The summed E-state index contributed by atoms with van der Waals surface area (Å²) in [5.74, 6) is -0.718. The number of halogens is 3. The molecule has 0 unspecified atom stereocenters. The quantitative estimate of drug-likeness (QED) is 0.418. The van der Waals surface area contributed by atoms with Gasteiger partial charge >= 0.3 is 0 Å². The minimum Gasteiger partial charge on any atom is -0.492 e. The van der Waals surface area contributed by atoms with Gasteiger partial charge in [0.25, 0.3) is 10.0 Å². The summed E-state index contributed by atoms with van der Waals surface area (Å²) in [6.07, 6.45) is 0. The van der Waals surface area contributed by atoms with Gasteiger partial charge in [0, 0.05) is 5.02 Å². The molecule has 3 rings (SSSR count). The lowest BCUT2D eigenvalue weighted by atomic mass is 10.2. The van der Waals surface area contributed by atoms with Crippen LogP contribution in [0.3, 0.4) is 0 Å². The maximum atomic E-state index is 13.6. The predicted molar refractivity (Wildman–Crippen MR) is 127 cm³/mol. The van der Waals surface area contributed by atoms with Crippen LogP contribution >= 0.6 is 23.2 Å². The smallest absolute Gasteiger partial charge is 0.264 e. The summed E-state index contributed by atoms with van der Waals surface area (Å²) >= 11 is 11.9. The largest absolute Gasteiger partial charge is 0.492 e. The third-order valence-corrected chi connectivity index (χ3v) is 7.13. The molecular formula is C23H21Cl2FN2O4S. The van der Waals surface area contributed by atoms with Crippen molar-refractivity contribution < 1.29 is 22.3 Å². The summed E-state index contributed by atoms with van der Waals surface area (Å²) < 4.78 is 46.5. The molecule has 1 amide bonds. The fourth-order valence-electron chi connectivity index (χ4n) is 2.88. The van der Waals surface area contributed by atoms with Gasteiger partial charge in [0.1, 0.15) is 24.7 Å². The van der Waals surface area contributed by atoms with E-state index in [1.165, 1.54) is 18.2 Å². The summed E-state index contributed by atoms with van der Waals surface area (Å²) in [6.45, 7) is 1.62. The van der Waals surface area contributed by atoms with Crippen molar-refractivity contribution in [1.82, 2.24) is 5.32 Å². The molecule has 0 aromatic heterocycles. The molecule has 0 heterocycles. The number of rotatable bonds is 9. The van der Waals surface area contributed by atoms with Crippen molar-refractivity contribution in [3.63, 3.8) is 0 Å². The van der Waals surface area contributed by atoms with Gasteiger partial charge in [-0.3, -0.25) is 9.10 Å². The second kappa shape index (κ2) is 10.9. The topological polar surface area (TPSA) is 75.7 Å². The summed E-state index contributed by atoms with van der Waals surface area (Å²) in [7, 11) is -4.12. The van der Waals surface area contributed by atoms with Crippen LogP contribution in [-0.2, 0) is 14.8 Å². The SMILES string of the molecule is Cc1ccc(OCCNC(=O)CN(c2ccc(F)c(Cl)c2)S(=O)(=O)c2ccccc2)cc1Cl. The normalized spacial score (nSPS) is 11.2. The van der Waals surface area contributed by atoms with E-state index in [0.29, 0.717) is 10.8 Å². The van der Waals surface area contributed by atoms with E-state index in [0.717, 1.165) is 22.0 Å². The molecule has 174 valence electrons. The molecule has 0 bridgehead atoms. The molecule has 33 heavy (non-hydrogen) atoms. The van der Waals surface area contributed by atoms with Crippen molar-refractivity contribution in [2.75, 3.05) is 24.0 Å². The van der Waals surface area contributed by atoms with Gasteiger partial charge in [0.05, 0.1) is 22.2 Å². The van der Waals surface area contributed by atoms with Crippen LogP contribution in [0.4, 0.5) is 10.1 Å². The highest BCUT2D eigenvalue weighted by atomic mass is 35.5. The number of hydrogen-bond donors (Lipinski definition) is 1. The zero-order valence-electron chi connectivity index (χ0n) is 17.6. The lowest BCUT2D eigenvalue weighted by Gasteiger charge is -2.24. The first-order valence-electron chi connectivity index (χ1n) is 9.87. The number of carbonyl (C=O) groups is 1. The van der Waals surface area contributed by atoms with E-state index < -0.39 is 28.3 Å². The van der Waals surface area contributed by atoms with Gasteiger partial charge in [-0.2, -0.15) is 0 Å². The van der Waals surface area contributed by atoms with Crippen LogP contribution in [0.25, 0.3) is 0 Å². The number of hydrogen-bond acceptors (Lipinski definition) is 4. The third kappa shape index (κ3) is 6.37. The van der Waals surface area contributed by atoms with Gasteiger partial charge in [-0.05, 0) is 55.0 Å². The summed E-state index contributed by atoms with van der Waals surface area (Å²) in [5, 5.41) is 2.93. The van der Waals surface area contributed by atoms with Crippen LogP contribution in [0, 0.1) is 12.7 Å². The Labute approximate surface area is 201 Å². The van der Waals surface area contributed by atoms with E-state index in [4.69, 9.17) is 27.9 Å². The summed E-state index contributed by atoms with van der Waals surface area (Å²) in [6, 6.07) is 16.3. The Morgan fingerprint density at radius 1 is 1.03 bits per heavy atom. The Kier molecular flexibility index (Phi) is 8.18. The fourth-order valence-corrected chi connectivity index (χ4v) is 4.66. The first kappa shape index (κ1) is 24.8. The molecule has 0 fully saturated rings. The highest BCUT2D eigenvalue weighted by molar-refractivity contribution is 7.92. The molecule has 0 aliphatic rings. The van der Waals surface area contributed by atoms with E-state index in [2.05, 4.69) is 5.32 Å². The van der Waals surface area contributed by atoms with E-state index in [-0.39, 0.29) is 28.8 Å². The molecule has 0 radical (unpaired) electrons. The average Bonchev–Trinajstić information content (AvgIpc) is 2.80. The number of aryl methyl sites for hydroxylation is 1. The predicted octanol–water partition coefficient (Wildman–Crippen LogP) is 4.83. The highest BCUT2D eigenvalue weighted by Crippen LogP contribution is 2.27. The molecule has 3 aromatic carbocycles. The molecule has 6 nitrogen and oxygen atoms in total. The van der Waals surface area contributed by atoms with Crippen LogP contribution in [0.1, 0.15) is 5.56 Å². The van der Waals surface area contributed by atoms with E-state index in [9.17, 15) is 17.6 Å². The molecule has 3 aromatic rings. The molecule has 0 spiro atoms. The number of anilines is 1. The molecule has 0 saturated carbocycles. The minimum absolute atomic E-state index is 0.0159. The zero-order chi connectivity index (χ0) is 24.0. The lowest BCUT2D eigenvalue weighted by molar-refractivity contribution is -0.119. The molecular weight excluding hydrogens is 490 g/mol. The number of ether oxygens (including phenoxy) is 1. The van der Waals surface area contributed by atoms with Gasteiger partial charge in [-0.15, -0.1) is 0 Å².